The number of nitrogens with one attached hydrogen (secondary N) is 1. The summed E-state index contributed by atoms with van der Waals surface area (Å²) < 4.78 is 0.181. The first kappa shape index (κ1) is 21.0. The molecular formula is C21H22BrN3O4. The zero-order chi connectivity index (χ0) is 21.3. The molecule has 2 unspecified atom stereocenters. The van der Waals surface area contributed by atoms with Crippen molar-refractivity contribution in [3.63, 3.8) is 0 Å². The number of amides is 1. The normalized spacial score (nSPS) is 18.6. The summed E-state index contributed by atoms with van der Waals surface area (Å²) in [5.41, 5.74) is 4.86. The smallest absolute Gasteiger partial charge is 0.271 e. The summed E-state index contributed by atoms with van der Waals surface area (Å²) in [6.45, 7) is 6.47. The molecule has 29 heavy (non-hydrogen) atoms. The molecule has 0 heterocycles. The third-order valence-electron chi connectivity index (χ3n) is 5.00. The van der Waals surface area contributed by atoms with Gasteiger partial charge in [0.25, 0.3) is 5.69 Å². The van der Waals surface area contributed by atoms with E-state index >= 15 is 0 Å². The van der Waals surface area contributed by atoms with E-state index in [4.69, 9.17) is 0 Å². The molecule has 0 radical (unpaired) electrons. The first-order valence-electron chi connectivity index (χ1n) is 9.18. The lowest BCUT2D eigenvalue weighted by atomic mass is 9.86. The molecular weight excluding hydrogens is 438 g/mol. The summed E-state index contributed by atoms with van der Waals surface area (Å²) in [4.78, 5) is 22.7. The van der Waals surface area contributed by atoms with Crippen LogP contribution in [0.5, 0.6) is 5.75 Å². The Labute approximate surface area is 177 Å². The average Bonchev–Trinajstić information content (AvgIpc) is 3.45. The molecule has 0 aromatic heterocycles. The second kappa shape index (κ2) is 7.94. The van der Waals surface area contributed by atoms with Gasteiger partial charge in [-0.15, -0.1) is 0 Å². The van der Waals surface area contributed by atoms with Crippen LogP contribution in [-0.2, 0) is 10.2 Å². The Balaban J connectivity index is 1.62. The van der Waals surface area contributed by atoms with Crippen LogP contribution in [0.3, 0.4) is 0 Å². The lowest BCUT2D eigenvalue weighted by Gasteiger charge is -2.19. The van der Waals surface area contributed by atoms with Crippen molar-refractivity contribution in [1.82, 2.24) is 5.43 Å². The van der Waals surface area contributed by atoms with E-state index in [0.29, 0.717) is 0 Å². The van der Waals surface area contributed by atoms with E-state index in [9.17, 15) is 20.0 Å². The van der Waals surface area contributed by atoms with Gasteiger partial charge in [-0.1, -0.05) is 45.0 Å². The lowest BCUT2D eigenvalue weighted by molar-refractivity contribution is -0.385. The highest BCUT2D eigenvalue weighted by Crippen LogP contribution is 2.47. The van der Waals surface area contributed by atoms with Crippen LogP contribution in [-0.4, -0.2) is 22.2 Å². The number of hydrogen-bond donors (Lipinski definition) is 2. The second-order valence-electron chi connectivity index (χ2n) is 8.18. The van der Waals surface area contributed by atoms with Crippen LogP contribution in [0.4, 0.5) is 5.69 Å². The van der Waals surface area contributed by atoms with Crippen LogP contribution in [0.25, 0.3) is 0 Å². The number of aromatic hydroxyl groups is 1. The molecule has 3 rings (SSSR count). The number of benzene rings is 2. The van der Waals surface area contributed by atoms with Gasteiger partial charge in [0, 0.05) is 23.6 Å². The summed E-state index contributed by atoms with van der Waals surface area (Å²) >= 11 is 3.07. The number of non-ortho nitro benzene ring substituents is 1. The molecule has 1 fully saturated rings. The van der Waals surface area contributed by atoms with Gasteiger partial charge >= 0.3 is 0 Å². The SMILES string of the molecule is CC(C)(C)c1ccc(C2CC2C(=O)NN=Cc2cc([N+](=O)[O-])cc(Br)c2O)cc1. The Bertz CT molecular complexity index is 981. The standard InChI is InChI=1S/C21H22BrN3O4/c1-21(2,3)14-6-4-12(5-7-14)16-10-17(16)20(27)24-23-11-13-8-15(25(28)29)9-18(22)19(13)26/h4-9,11,16-17,26H,10H2,1-3H3,(H,24,27). The molecule has 152 valence electrons. The van der Waals surface area contributed by atoms with Crippen molar-refractivity contribution in [2.24, 2.45) is 11.0 Å². The number of nitro benzene ring substituents is 1. The third kappa shape index (κ3) is 4.82. The summed E-state index contributed by atoms with van der Waals surface area (Å²) in [5, 5.41) is 24.8. The van der Waals surface area contributed by atoms with E-state index in [1.54, 1.807) is 0 Å². The lowest BCUT2D eigenvalue weighted by Crippen LogP contribution is -2.20. The quantitative estimate of drug-likeness (QED) is 0.386. The van der Waals surface area contributed by atoms with Gasteiger partial charge in [-0.25, -0.2) is 5.43 Å². The van der Waals surface area contributed by atoms with Gasteiger partial charge < -0.3 is 5.11 Å². The summed E-state index contributed by atoms with van der Waals surface area (Å²) in [7, 11) is 0. The molecule has 1 amide bonds. The van der Waals surface area contributed by atoms with Crippen LogP contribution >= 0.6 is 15.9 Å². The number of phenolic OH excluding ortho intramolecular Hbond substituents is 1. The highest BCUT2D eigenvalue weighted by Gasteiger charge is 2.44. The van der Waals surface area contributed by atoms with Gasteiger partial charge in [0.05, 0.1) is 15.6 Å². The molecule has 1 aliphatic carbocycles. The fraction of sp³-hybridized carbons (Fsp3) is 0.333. The van der Waals surface area contributed by atoms with Gasteiger partial charge in [0.2, 0.25) is 5.91 Å². The van der Waals surface area contributed by atoms with Crippen molar-refractivity contribution in [1.29, 1.82) is 0 Å². The average molecular weight is 460 g/mol. The zero-order valence-electron chi connectivity index (χ0n) is 16.3. The van der Waals surface area contributed by atoms with Crippen molar-refractivity contribution in [3.8, 4) is 5.75 Å². The minimum atomic E-state index is -0.570. The Morgan fingerprint density at radius 1 is 1.31 bits per heavy atom. The molecule has 7 nitrogen and oxygen atoms in total. The van der Waals surface area contributed by atoms with Crippen molar-refractivity contribution in [2.45, 2.75) is 38.5 Å². The fourth-order valence-corrected chi connectivity index (χ4v) is 3.60. The third-order valence-corrected chi connectivity index (χ3v) is 5.60. The maximum atomic E-state index is 12.3. The number of hydrazone groups is 1. The highest BCUT2D eigenvalue weighted by molar-refractivity contribution is 9.10. The number of hydrogen-bond acceptors (Lipinski definition) is 5. The fourth-order valence-electron chi connectivity index (χ4n) is 3.14. The minimum absolute atomic E-state index is 0.0840. The Morgan fingerprint density at radius 3 is 2.55 bits per heavy atom. The van der Waals surface area contributed by atoms with Crippen LogP contribution in [0.1, 0.15) is 49.8 Å². The number of nitrogens with zero attached hydrogens (tertiary/aromatic N) is 2. The maximum absolute atomic E-state index is 12.3. The molecule has 0 saturated heterocycles. The van der Waals surface area contributed by atoms with E-state index in [2.05, 4.69) is 71.5 Å². The number of phenols is 1. The highest BCUT2D eigenvalue weighted by atomic mass is 79.9. The Morgan fingerprint density at radius 2 is 1.97 bits per heavy atom. The molecule has 1 saturated carbocycles. The maximum Gasteiger partial charge on any atom is 0.271 e. The van der Waals surface area contributed by atoms with Crippen LogP contribution in [0, 0.1) is 16.0 Å². The van der Waals surface area contributed by atoms with Crippen LogP contribution < -0.4 is 5.43 Å². The molecule has 0 bridgehead atoms. The first-order valence-corrected chi connectivity index (χ1v) is 9.97. The van der Waals surface area contributed by atoms with Crippen LogP contribution in [0.15, 0.2) is 46.0 Å². The van der Waals surface area contributed by atoms with E-state index in [-0.39, 0.29) is 44.6 Å². The topological polar surface area (TPSA) is 105 Å². The summed E-state index contributed by atoms with van der Waals surface area (Å²) in [6.07, 6.45) is 1.95. The molecule has 1 aliphatic rings. The number of rotatable bonds is 5. The number of carbonyl (C=O) groups excluding carboxylic acids is 1. The Hall–Kier alpha value is -2.74. The van der Waals surface area contributed by atoms with E-state index in [1.807, 2.05) is 0 Å². The van der Waals surface area contributed by atoms with Crippen molar-refractivity contribution >= 4 is 33.7 Å². The number of carbonyl (C=O) groups is 1. The number of halogens is 1. The molecule has 0 spiro atoms. The molecule has 0 aliphatic heterocycles. The summed E-state index contributed by atoms with van der Waals surface area (Å²) in [6, 6.07) is 10.7. The molecule has 2 aromatic rings. The predicted octanol–water partition coefficient (Wildman–Crippen LogP) is 4.61. The minimum Gasteiger partial charge on any atom is -0.506 e. The zero-order valence-corrected chi connectivity index (χ0v) is 17.9. The van der Waals surface area contributed by atoms with Gasteiger partial charge in [-0.3, -0.25) is 14.9 Å². The molecule has 2 atom stereocenters. The van der Waals surface area contributed by atoms with Gasteiger partial charge in [-0.2, -0.15) is 5.10 Å². The monoisotopic (exact) mass is 459 g/mol. The first-order chi connectivity index (χ1) is 13.6. The number of nitro groups is 1. The van der Waals surface area contributed by atoms with Crippen molar-refractivity contribution < 1.29 is 14.8 Å². The summed E-state index contributed by atoms with van der Waals surface area (Å²) in [5.74, 6) is -0.385. The molecule has 2 aromatic carbocycles. The van der Waals surface area contributed by atoms with Crippen molar-refractivity contribution in [2.75, 3.05) is 0 Å². The molecule has 8 heteroatoms. The Kier molecular flexibility index (Phi) is 5.75. The van der Waals surface area contributed by atoms with Crippen molar-refractivity contribution in [3.05, 3.63) is 67.7 Å². The van der Waals surface area contributed by atoms with Crippen LogP contribution in [0.2, 0.25) is 0 Å². The largest absolute Gasteiger partial charge is 0.506 e. The van der Waals surface area contributed by atoms with Gasteiger partial charge in [0.1, 0.15) is 5.75 Å². The van der Waals surface area contributed by atoms with Gasteiger partial charge in [-0.05, 0) is 44.8 Å². The van der Waals surface area contributed by atoms with E-state index < -0.39 is 4.92 Å². The molecule has 2 N–H and O–H groups in total. The van der Waals surface area contributed by atoms with E-state index in [1.165, 1.54) is 23.9 Å². The predicted molar refractivity (Wildman–Crippen MR) is 114 cm³/mol. The van der Waals surface area contributed by atoms with E-state index in [0.717, 1.165) is 12.0 Å². The second-order valence-corrected chi connectivity index (χ2v) is 9.03. The van der Waals surface area contributed by atoms with Gasteiger partial charge in [0.15, 0.2) is 0 Å².